The third-order valence-corrected chi connectivity index (χ3v) is 4.69. The minimum atomic E-state index is -0.0205. The van der Waals surface area contributed by atoms with E-state index in [1.807, 2.05) is 49.0 Å². The molecule has 2 aromatic heterocycles. The molecule has 0 saturated heterocycles. The van der Waals surface area contributed by atoms with Crippen molar-refractivity contribution in [3.63, 3.8) is 0 Å². The van der Waals surface area contributed by atoms with E-state index in [2.05, 4.69) is 15.2 Å². The Morgan fingerprint density at radius 1 is 1.30 bits per heavy atom. The number of nitrogens with zero attached hydrogens (tertiary/aromatic N) is 5. The summed E-state index contributed by atoms with van der Waals surface area (Å²) in [5, 5.41) is 8.66. The third kappa shape index (κ3) is 3.35. The van der Waals surface area contributed by atoms with Gasteiger partial charge >= 0.3 is 0 Å². The van der Waals surface area contributed by atoms with Crippen LogP contribution >= 0.6 is 0 Å². The lowest BCUT2D eigenvalue weighted by molar-refractivity contribution is -0.136. The standard InChI is InChI=1S/C19H21N5O3/c1-3-26-12-16(25)24-10-9-15-14(11-24)17(21-23(15)2)19-20-18(22-27-19)13-7-5-4-6-8-13/h4-8H,3,9-12H2,1-2H3. The molecular formula is C19H21N5O3. The SMILES string of the molecule is CCOCC(=O)N1CCc2c(c(-c3nc(-c4ccccc4)no3)nn2C)C1. The average Bonchev–Trinajstić information content (AvgIpc) is 3.31. The molecule has 1 aromatic carbocycles. The Balaban J connectivity index is 1.63. The molecule has 0 saturated carbocycles. The van der Waals surface area contributed by atoms with Gasteiger partial charge in [-0.25, -0.2) is 0 Å². The van der Waals surface area contributed by atoms with Crippen LogP contribution in [0.25, 0.3) is 23.0 Å². The summed E-state index contributed by atoms with van der Waals surface area (Å²) in [4.78, 5) is 18.6. The molecule has 0 bridgehead atoms. The Morgan fingerprint density at radius 3 is 2.89 bits per heavy atom. The van der Waals surface area contributed by atoms with Crippen molar-refractivity contribution in [3.8, 4) is 23.0 Å². The second-order valence-electron chi connectivity index (χ2n) is 6.39. The number of rotatable bonds is 5. The van der Waals surface area contributed by atoms with E-state index in [1.165, 1.54) is 0 Å². The molecule has 0 N–H and O–H groups in total. The highest BCUT2D eigenvalue weighted by Gasteiger charge is 2.29. The Kier molecular flexibility index (Phi) is 4.72. The van der Waals surface area contributed by atoms with Crippen molar-refractivity contribution in [2.24, 2.45) is 7.05 Å². The lowest BCUT2D eigenvalue weighted by Crippen LogP contribution is -2.38. The first-order chi connectivity index (χ1) is 13.2. The van der Waals surface area contributed by atoms with Gasteiger partial charge in [-0.3, -0.25) is 9.48 Å². The molecule has 3 heterocycles. The molecule has 0 aliphatic carbocycles. The molecule has 0 atom stereocenters. The van der Waals surface area contributed by atoms with Gasteiger partial charge in [-0.2, -0.15) is 10.1 Å². The zero-order chi connectivity index (χ0) is 18.8. The molecule has 0 unspecified atom stereocenters. The summed E-state index contributed by atoms with van der Waals surface area (Å²) in [5.74, 6) is 0.864. The van der Waals surface area contributed by atoms with Gasteiger partial charge in [0.2, 0.25) is 11.7 Å². The van der Waals surface area contributed by atoms with E-state index in [0.717, 1.165) is 23.2 Å². The zero-order valence-electron chi connectivity index (χ0n) is 15.4. The van der Waals surface area contributed by atoms with Crippen LogP contribution in [0.3, 0.4) is 0 Å². The van der Waals surface area contributed by atoms with Crippen LogP contribution in [0.2, 0.25) is 0 Å². The van der Waals surface area contributed by atoms with E-state index in [4.69, 9.17) is 9.26 Å². The smallest absolute Gasteiger partial charge is 0.279 e. The minimum Gasteiger partial charge on any atom is -0.372 e. The molecule has 4 rings (SSSR count). The molecule has 0 fully saturated rings. The Labute approximate surface area is 156 Å². The summed E-state index contributed by atoms with van der Waals surface area (Å²) < 4.78 is 12.6. The van der Waals surface area contributed by atoms with Crippen molar-refractivity contribution in [1.82, 2.24) is 24.8 Å². The molecule has 3 aromatic rings. The number of amides is 1. The number of ether oxygens (including phenoxy) is 1. The maximum Gasteiger partial charge on any atom is 0.279 e. The molecule has 140 valence electrons. The van der Waals surface area contributed by atoms with E-state index in [-0.39, 0.29) is 12.5 Å². The summed E-state index contributed by atoms with van der Waals surface area (Å²) in [7, 11) is 1.90. The minimum absolute atomic E-state index is 0.0205. The highest BCUT2D eigenvalue weighted by molar-refractivity contribution is 5.78. The number of fused-ring (bicyclic) bond motifs is 1. The number of carbonyl (C=O) groups is 1. The van der Waals surface area contributed by atoms with Gasteiger partial charge in [-0.05, 0) is 6.92 Å². The predicted octanol–water partition coefficient (Wildman–Crippen LogP) is 2.06. The molecule has 1 amide bonds. The largest absolute Gasteiger partial charge is 0.372 e. The number of carbonyl (C=O) groups excluding carboxylic acids is 1. The molecule has 1 aliphatic rings. The van der Waals surface area contributed by atoms with Gasteiger partial charge < -0.3 is 14.2 Å². The number of hydrogen-bond donors (Lipinski definition) is 0. The molecule has 0 radical (unpaired) electrons. The number of benzene rings is 1. The van der Waals surface area contributed by atoms with Crippen LogP contribution in [-0.2, 0) is 29.5 Å². The van der Waals surface area contributed by atoms with Crippen LogP contribution in [-0.4, -0.2) is 50.5 Å². The van der Waals surface area contributed by atoms with E-state index in [0.29, 0.717) is 37.1 Å². The molecule has 8 nitrogen and oxygen atoms in total. The van der Waals surface area contributed by atoms with Crippen LogP contribution in [0.1, 0.15) is 18.2 Å². The monoisotopic (exact) mass is 367 g/mol. The van der Waals surface area contributed by atoms with Gasteiger partial charge in [0.05, 0.1) is 0 Å². The average molecular weight is 367 g/mol. The zero-order valence-corrected chi connectivity index (χ0v) is 15.4. The van der Waals surface area contributed by atoms with Crippen molar-refractivity contribution in [3.05, 3.63) is 41.6 Å². The summed E-state index contributed by atoms with van der Waals surface area (Å²) in [6.07, 6.45) is 0.733. The lowest BCUT2D eigenvalue weighted by atomic mass is 10.0. The maximum absolute atomic E-state index is 12.3. The van der Waals surface area contributed by atoms with Crippen molar-refractivity contribution in [1.29, 1.82) is 0 Å². The Morgan fingerprint density at radius 2 is 2.11 bits per heavy atom. The van der Waals surface area contributed by atoms with Gasteiger partial charge in [0, 0.05) is 50.0 Å². The first kappa shape index (κ1) is 17.4. The number of hydrogen-bond acceptors (Lipinski definition) is 6. The van der Waals surface area contributed by atoms with Crippen molar-refractivity contribution >= 4 is 5.91 Å². The van der Waals surface area contributed by atoms with Crippen molar-refractivity contribution in [2.45, 2.75) is 19.9 Å². The van der Waals surface area contributed by atoms with Gasteiger partial charge in [0.15, 0.2) is 5.69 Å². The van der Waals surface area contributed by atoms with Gasteiger partial charge in [0.1, 0.15) is 6.61 Å². The molecular weight excluding hydrogens is 346 g/mol. The van der Waals surface area contributed by atoms with E-state index in [9.17, 15) is 4.79 Å². The molecule has 8 heteroatoms. The maximum atomic E-state index is 12.3. The fourth-order valence-corrected chi connectivity index (χ4v) is 3.28. The second kappa shape index (κ2) is 7.32. The number of aromatic nitrogens is 4. The quantitative estimate of drug-likeness (QED) is 0.686. The summed E-state index contributed by atoms with van der Waals surface area (Å²) in [6, 6.07) is 9.65. The van der Waals surface area contributed by atoms with Crippen LogP contribution < -0.4 is 0 Å². The summed E-state index contributed by atoms with van der Waals surface area (Å²) in [5.41, 5.74) is 3.56. The van der Waals surface area contributed by atoms with Gasteiger partial charge in [-0.15, -0.1) is 0 Å². The summed E-state index contributed by atoms with van der Waals surface area (Å²) >= 11 is 0. The highest BCUT2D eigenvalue weighted by atomic mass is 16.5. The molecule has 27 heavy (non-hydrogen) atoms. The van der Waals surface area contributed by atoms with Crippen LogP contribution in [0.5, 0.6) is 0 Å². The Bertz CT molecular complexity index is 948. The van der Waals surface area contributed by atoms with Crippen LogP contribution in [0, 0.1) is 0 Å². The van der Waals surface area contributed by atoms with Crippen molar-refractivity contribution < 1.29 is 14.1 Å². The predicted molar refractivity (Wildman–Crippen MR) is 97.6 cm³/mol. The summed E-state index contributed by atoms with van der Waals surface area (Å²) in [6.45, 7) is 3.61. The van der Waals surface area contributed by atoms with E-state index in [1.54, 1.807) is 4.90 Å². The fraction of sp³-hybridized carbons (Fsp3) is 0.368. The normalized spacial score (nSPS) is 13.6. The van der Waals surface area contributed by atoms with Crippen molar-refractivity contribution in [2.75, 3.05) is 19.8 Å². The topological polar surface area (TPSA) is 86.3 Å². The first-order valence-corrected chi connectivity index (χ1v) is 8.97. The fourth-order valence-electron chi connectivity index (χ4n) is 3.28. The van der Waals surface area contributed by atoms with E-state index >= 15 is 0 Å². The van der Waals surface area contributed by atoms with E-state index < -0.39 is 0 Å². The van der Waals surface area contributed by atoms with Crippen LogP contribution in [0.15, 0.2) is 34.9 Å². The molecule has 1 aliphatic heterocycles. The highest BCUT2D eigenvalue weighted by Crippen LogP contribution is 2.30. The van der Waals surface area contributed by atoms with Gasteiger partial charge in [-0.1, -0.05) is 35.5 Å². The Hall–Kier alpha value is -3.00. The lowest BCUT2D eigenvalue weighted by Gasteiger charge is -2.27. The van der Waals surface area contributed by atoms with Crippen LogP contribution in [0.4, 0.5) is 0 Å². The second-order valence-corrected chi connectivity index (χ2v) is 6.39. The third-order valence-electron chi connectivity index (χ3n) is 4.69. The van der Waals surface area contributed by atoms with Gasteiger partial charge in [0.25, 0.3) is 5.89 Å². The number of aryl methyl sites for hydroxylation is 1. The first-order valence-electron chi connectivity index (χ1n) is 8.97. The molecule has 0 spiro atoms.